The van der Waals surface area contributed by atoms with E-state index in [2.05, 4.69) is 20.9 Å². The summed E-state index contributed by atoms with van der Waals surface area (Å²) in [6.07, 6.45) is 0. The first-order chi connectivity index (χ1) is 22.1. The topological polar surface area (TPSA) is 153 Å². The van der Waals surface area contributed by atoms with Crippen molar-refractivity contribution in [3.63, 3.8) is 0 Å². The maximum absolute atomic E-state index is 13.2. The second kappa shape index (κ2) is 16.0. The number of hydrogen-bond acceptors (Lipinski definition) is 7. The third-order valence-corrected chi connectivity index (χ3v) is 7.45. The number of amides is 2. The second-order valence-corrected chi connectivity index (χ2v) is 10.9. The summed E-state index contributed by atoms with van der Waals surface area (Å²) >= 11 is 0. The van der Waals surface area contributed by atoms with Crippen molar-refractivity contribution in [1.29, 1.82) is 0 Å². The fraction of sp³-hybridized carbons (Fsp3) is 0.371. The van der Waals surface area contributed by atoms with Crippen molar-refractivity contribution in [2.45, 2.75) is 34.6 Å². The summed E-state index contributed by atoms with van der Waals surface area (Å²) in [4.78, 5) is 40.0. The summed E-state index contributed by atoms with van der Waals surface area (Å²) in [5, 5.41) is 20.8. The fourth-order valence-electron chi connectivity index (χ4n) is 5.29. The first-order valence-electron chi connectivity index (χ1n) is 15.5. The summed E-state index contributed by atoms with van der Waals surface area (Å²) < 4.78 is 17.4. The Bertz CT molecular complexity index is 1760. The Labute approximate surface area is 268 Å². The van der Waals surface area contributed by atoms with Gasteiger partial charge in [0.05, 0.1) is 38.1 Å². The first kappa shape index (κ1) is 34.1. The number of nitrogens with one attached hydrogen (secondary N) is 4. The van der Waals surface area contributed by atoms with Crippen LogP contribution in [0.1, 0.15) is 52.6 Å². The highest BCUT2D eigenvalue weighted by molar-refractivity contribution is 6.09. The normalized spacial score (nSPS) is 11.6. The summed E-state index contributed by atoms with van der Waals surface area (Å²) in [7, 11) is 0. The van der Waals surface area contributed by atoms with Crippen molar-refractivity contribution in [1.82, 2.24) is 10.6 Å². The van der Waals surface area contributed by atoms with Gasteiger partial charge in [-0.25, -0.2) is 9.79 Å². The maximum atomic E-state index is 13.2. The molecule has 11 heteroatoms. The Morgan fingerprint density at radius 1 is 0.870 bits per heavy atom. The molecule has 11 nitrogen and oxygen atoms in total. The van der Waals surface area contributed by atoms with Gasteiger partial charge in [0.1, 0.15) is 17.9 Å². The van der Waals surface area contributed by atoms with Crippen molar-refractivity contribution in [2.24, 2.45) is 0 Å². The number of carbonyl (C=O) groups is 3. The summed E-state index contributed by atoms with van der Waals surface area (Å²) in [5.74, 6) is -0.959. The molecule has 2 amide bonds. The van der Waals surface area contributed by atoms with Gasteiger partial charge in [0, 0.05) is 66.0 Å². The van der Waals surface area contributed by atoms with E-state index in [1.54, 1.807) is 6.07 Å². The Balaban J connectivity index is 1.67. The van der Waals surface area contributed by atoms with Crippen LogP contribution in [0.4, 0.5) is 5.69 Å². The molecule has 0 atom stereocenters. The Hall–Kier alpha value is -4.74. The Morgan fingerprint density at radius 3 is 2.24 bits per heavy atom. The van der Waals surface area contributed by atoms with E-state index < -0.39 is 5.97 Å². The Morgan fingerprint density at radius 2 is 1.59 bits per heavy atom. The van der Waals surface area contributed by atoms with Crippen molar-refractivity contribution < 1.29 is 38.4 Å². The number of hydrogen-bond donors (Lipinski definition) is 5. The van der Waals surface area contributed by atoms with Crippen molar-refractivity contribution >= 4 is 34.4 Å². The molecule has 1 aliphatic heterocycles. The van der Waals surface area contributed by atoms with Gasteiger partial charge in [-0.05, 0) is 69.2 Å². The van der Waals surface area contributed by atoms with Crippen LogP contribution in [-0.2, 0) is 14.3 Å². The highest BCUT2D eigenvalue weighted by Gasteiger charge is 2.24. The van der Waals surface area contributed by atoms with Gasteiger partial charge >= 0.3 is 5.97 Å². The monoisotopic (exact) mass is 631 g/mol. The SMILES string of the molecule is CCNc1cc2oc3cc(=[NH+]CC)c(C)cc-3c(-c3cc(C(=O)NCCOCCOCCNC(C)=O)ccc3C(=O)O)c2cc1C. The molecule has 2 aliphatic rings. The maximum Gasteiger partial charge on any atom is 0.336 e. The predicted molar refractivity (Wildman–Crippen MR) is 176 cm³/mol. The molecule has 0 spiro atoms. The van der Waals surface area contributed by atoms with E-state index in [0.717, 1.165) is 46.2 Å². The molecule has 0 saturated carbocycles. The number of rotatable bonds is 15. The summed E-state index contributed by atoms with van der Waals surface area (Å²) in [5.41, 5.74) is 5.73. The molecule has 244 valence electrons. The summed E-state index contributed by atoms with van der Waals surface area (Å²) in [6.45, 7) is 13.0. The lowest BCUT2D eigenvalue weighted by Crippen LogP contribution is -2.76. The molecule has 2 aromatic carbocycles. The molecule has 0 saturated heterocycles. The van der Waals surface area contributed by atoms with E-state index >= 15 is 0 Å². The van der Waals surface area contributed by atoms with Crippen LogP contribution in [0.25, 0.3) is 33.4 Å². The molecule has 0 fully saturated rings. The van der Waals surface area contributed by atoms with E-state index in [-0.39, 0.29) is 30.5 Å². The number of aromatic carboxylic acids is 1. The smallest absolute Gasteiger partial charge is 0.336 e. The lowest BCUT2D eigenvalue weighted by Gasteiger charge is -2.19. The quantitative estimate of drug-likeness (QED) is 0.0992. The van der Waals surface area contributed by atoms with Gasteiger partial charge in [-0.3, -0.25) is 9.59 Å². The molecule has 0 aromatic heterocycles. The zero-order chi connectivity index (χ0) is 33.2. The molecular formula is C35H43N4O7+. The van der Waals surface area contributed by atoms with E-state index in [1.807, 2.05) is 52.0 Å². The number of carboxylic acid groups (broad SMARTS) is 1. The minimum absolute atomic E-state index is 0.0778. The first-order valence-corrected chi connectivity index (χ1v) is 15.5. The zero-order valence-electron chi connectivity index (χ0n) is 27.1. The molecule has 0 bridgehead atoms. The van der Waals surface area contributed by atoms with Crippen LogP contribution in [0.2, 0.25) is 0 Å². The number of fused-ring (bicyclic) bond motifs is 2. The van der Waals surface area contributed by atoms with Crippen LogP contribution in [0, 0.1) is 13.8 Å². The van der Waals surface area contributed by atoms with Crippen molar-refractivity contribution in [2.75, 3.05) is 57.9 Å². The molecule has 0 unspecified atom stereocenters. The number of benzene rings is 3. The van der Waals surface area contributed by atoms with E-state index in [0.29, 0.717) is 54.4 Å². The predicted octanol–water partition coefficient (Wildman–Crippen LogP) is 2.85. The lowest BCUT2D eigenvalue weighted by molar-refractivity contribution is -0.496. The molecule has 5 N–H and O–H groups in total. The van der Waals surface area contributed by atoms with E-state index in [1.165, 1.54) is 19.1 Å². The minimum atomic E-state index is -1.10. The zero-order valence-corrected chi connectivity index (χ0v) is 27.1. The van der Waals surface area contributed by atoms with Gasteiger partial charge in [0.25, 0.3) is 5.91 Å². The molecule has 0 radical (unpaired) electrons. The molecule has 46 heavy (non-hydrogen) atoms. The van der Waals surface area contributed by atoms with Gasteiger partial charge in [-0.1, -0.05) is 0 Å². The molecule has 1 aliphatic carbocycles. The average Bonchev–Trinajstić information content (AvgIpc) is 3.01. The van der Waals surface area contributed by atoms with Crippen LogP contribution in [-0.4, -0.2) is 75.5 Å². The number of anilines is 1. The molecule has 1 heterocycles. The number of ether oxygens (including phenoxy) is 2. The van der Waals surface area contributed by atoms with Crippen LogP contribution < -0.4 is 26.3 Å². The highest BCUT2D eigenvalue weighted by atomic mass is 16.5. The van der Waals surface area contributed by atoms with Gasteiger partial charge < -0.3 is 34.9 Å². The van der Waals surface area contributed by atoms with Gasteiger partial charge in [0.15, 0.2) is 0 Å². The molecular weight excluding hydrogens is 588 g/mol. The highest BCUT2D eigenvalue weighted by Crippen LogP contribution is 2.43. The summed E-state index contributed by atoms with van der Waals surface area (Å²) in [6, 6.07) is 12.5. The van der Waals surface area contributed by atoms with Crippen LogP contribution in [0.5, 0.6) is 0 Å². The van der Waals surface area contributed by atoms with E-state index in [4.69, 9.17) is 13.9 Å². The van der Waals surface area contributed by atoms with Crippen molar-refractivity contribution in [3.05, 3.63) is 70.1 Å². The van der Waals surface area contributed by atoms with Gasteiger partial charge in [-0.15, -0.1) is 0 Å². The van der Waals surface area contributed by atoms with Crippen molar-refractivity contribution in [3.8, 4) is 22.5 Å². The van der Waals surface area contributed by atoms with Crippen LogP contribution in [0.3, 0.4) is 0 Å². The second-order valence-electron chi connectivity index (χ2n) is 10.9. The lowest BCUT2D eigenvalue weighted by atomic mass is 9.88. The number of carboxylic acids is 1. The van der Waals surface area contributed by atoms with Crippen LogP contribution in [0.15, 0.2) is 46.9 Å². The third-order valence-electron chi connectivity index (χ3n) is 7.45. The average molecular weight is 632 g/mol. The number of aryl methyl sites for hydroxylation is 2. The number of carbonyl (C=O) groups excluding carboxylic acids is 2. The van der Waals surface area contributed by atoms with E-state index in [9.17, 15) is 19.5 Å². The van der Waals surface area contributed by atoms with Gasteiger partial charge in [-0.2, -0.15) is 0 Å². The largest absolute Gasteiger partial charge is 0.478 e. The molecule has 4 rings (SSSR count). The molecule has 2 aromatic rings. The minimum Gasteiger partial charge on any atom is -0.478 e. The van der Waals surface area contributed by atoms with Crippen LogP contribution >= 0.6 is 0 Å². The van der Waals surface area contributed by atoms with Gasteiger partial charge in [0.2, 0.25) is 11.3 Å². The Kier molecular flexibility index (Phi) is 11.9. The fourth-order valence-corrected chi connectivity index (χ4v) is 5.29. The third kappa shape index (κ3) is 8.29. The standard InChI is InChI=1S/C35H42N4O7/c1-6-36-29-19-31-27(16-21(29)3)33(28-17-22(4)30(37-7-2)20-32(28)46-31)26-18-24(8-9-25(26)35(42)43)34(41)39-11-13-45-15-14-44-12-10-38-23(5)40/h8-9,16-20,36H,6-7,10-15H2,1-5H3,(H,38,40)(H,39,41)(H,42,43)/p+1.